The molecule has 0 radical (unpaired) electrons. The van der Waals surface area contributed by atoms with Crippen LogP contribution in [0, 0.1) is 17.0 Å². The van der Waals surface area contributed by atoms with Crippen LogP contribution in [-0.4, -0.2) is 23.6 Å². The third kappa shape index (κ3) is 6.20. The molecular formula is C14H19F2N3O2. The minimum absolute atomic E-state index is 0.0107. The van der Waals surface area contributed by atoms with Crippen LogP contribution < -0.4 is 11.1 Å². The van der Waals surface area contributed by atoms with Crippen molar-refractivity contribution in [2.75, 3.05) is 0 Å². The summed E-state index contributed by atoms with van der Waals surface area (Å²) >= 11 is 0. The van der Waals surface area contributed by atoms with Crippen LogP contribution in [-0.2, 0) is 11.2 Å². The molecule has 0 spiro atoms. The zero-order valence-corrected chi connectivity index (χ0v) is 12.2. The molecule has 1 aromatic rings. The van der Waals surface area contributed by atoms with Gasteiger partial charge in [-0.1, -0.05) is 0 Å². The zero-order chi connectivity index (χ0) is 16.2. The molecule has 0 heterocycles. The molecular weight excluding hydrogens is 280 g/mol. The first-order chi connectivity index (χ1) is 9.56. The summed E-state index contributed by atoms with van der Waals surface area (Å²) in [6.45, 7) is 5.08. The van der Waals surface area contributed by atoms with E-state index in [1.807, 2.05) is 0 Å². The van der Waals surface area contributed by atoms with Gasteiger partial charge in [0.25, 0.3) is 0 Å². The number of benzene rings is 1. The molecule has 0 saturated carbocycles. The molecule has 0 aliphatic rings. The summed E-state index contributed by atoms with van der Waals surface area (Å²) in [6, 6.07) is 2.08. The number of carbonyl (C=O) groups excluding carboxylic acids is 1. The van der Waals surface area contributed by atoms with E-state index in [1.165, 1.54) is 0 Å². The van der Waals surface area contributed by atoms with Crippen molar-refractivity contribution in [3.8, 4) is 0 Å². The van der Waals surface area contributed by atoms with Gasteiger partial charge in [0.2, 0.25) is 0 Å². The van der Waals surface area contributed by atoms with Crippen molar-refractivity contribution in [1.82, 2.24) is 5.32 Å². The molecule has 1 unspecified atom stereocenters. The normalized spacial score (nSPS) is 12.6. The van der Waals surface area contributed by atoms with Crippen molar-refractivity contribution in [3.05, 3.63) is 35.4 Å². The molecule has 0 aliphatic carbocycles. The average molecular weight is 299 g/mol. The van der Waals surface area contributed by atoms with Crippen LogP contribution in [0.5, 0.6) is 0 Å². The van der Waals surface area contributed by atoms with Crippen LogP contribution >= 0.6 is 0 Å². The number of amidine groups is 1. The smallest absolute Gasteiger partial charge is 0.408 e. The van der Waals surface area contributed by atoms with Gasteiger partial charge in [0.1, 0.15) is 23.1 Å². The second kappa shape index (κ2) is 6.51. The highest BCUT2D eigenvalue weighted by Gasteiger charge is 2.21. The number of hydrogen-bond acceptors (Lipinski definition) is 3. The van der Waals surface area contributed by atoms with Gasteiger partial charge < -0.3 is 15.8 Å². The Bertz CT molecular complexity index is 521. The first-order valence-electron chi connectivity index (χ1n) is 6.35. The largest absolute Gasteiger partial charge is 0.444 e. The molecule has 1 rings (SSSR count). The van der Waals surface area contributed by atoms with Gasteiger partial charge in [-0.25, -0.2) is 13.6 Å². The molecule has 0 bridgehead atoms. The Hall–Kier alpha value is -2.18. The Kier molecular flexibility index (Phi) is 5.23. The molecule has 116 valence electrons. The lowest BCUT2D eigenvalue weighted by Gasteiger charge is -2.23. The Morgan fingerprint density at radius 1 is 1.33 bits per heavy atom. The number of nitrogens with two attached hydrogens (primary N) is 1. The van der Waals surface area contributed by atoms with E-state index in [-0.39, 0.29) is 17.8 Å². The van der Waals surface area contributed by atoms with Gasteiger partial charge in [-0.3, -0.25) is 5.41 Å². The van der Waals surface area contributed by atoms with Crippen LogP contribution in [0.1, 0.15) is 26.3 Å². The summed E-state index contributed by atoms with van der Waals surface area (Å²) in [5, 5.41) is 9.86. The van der Waals surface area contributed by atoms with Gasteiger partial charge in [0, 0.05) is 12.5 Å². The number of amides is 1. The number of rotatable bonds is 4. The van der Waals surface area contributed by atoms with Crippen molar-refractivity contribution in [2.24, 2.45) is 5.73 Å². The zero-order valence-electron chi connectivity index (χ0n) is 12.2. The number of alkyl carbamates (subject to hydrolysis) is 1. The van der Waals surface area contributed by atoms with E-state index in [0.717, 1.165) is 18.2 Å². The SMILES string of the molecule is CC(C)(C)OC(=O)NC(Cc1cc(F)cc(F)c1)C(=N)N. The summed E-state index contributed by atoms with van der Waals surface area (Å²) in [4.78, 5) is 11.7. The molecule has 1 aromatic carbocycles. The van der Waals surface area contributed by atoms with E-state index in [4.69, 9.17) is 15.9 Å². The molecule has 0 fully saturated rings. The fourth-order valence-corrected chi connectivity index (χ4v) is 1.65. The van der Waals surface area contributed by atoms with Gasteiger partial charge >= 0.3 is 6.09 Å². The average Bonchev–Trinajstić information content (AvgIpc) is 2.23. The van der Waals surface area contributed by atoms with Gasteiger partial charge in [-0.2, -0.15) is 0 Å². The highest BCUT2D eigenvalue weighted by molar-refractivity contribution is 5.86. The van der Waals surface area contributed by atoms with Crippen molar-refractivity contribution >= 4 is 11.9 Å². The molecule has 5 nitrogen and oxygen atoms in total. The number of hydrogen-bond donors (Lipinski definition) is 3. The molecule has 1 amide bonds. The molecule has 0 saturated heterocycles. The monoisotopic (exact) mass is 299 g/mol. The van der Waals surface area contributed by atoms with Gasteiger partial charge in [-0.05, 0) is 38.5 Å². The summed E-state index contributed by atoms with van der Waals surface area (Å²) in [6.07, 6.45) is -0.761. The number of ether oxygens (including phenoxy) is 1. The van der Waals surface area contributed by atoms with Gasteiger partial charge in [0.05, 0.1) is 6.04 Å². The first kappa shape index (κ1) is 16.9. The second-order valence-electron chi connectivity index (χ2n) is 5.64. The lowest BCUT2D eigenvalue weighted by atomic mass is 10.0. The lowest BCUT2D eigenvalue weighted by molar-refractivity contribution is 0.0517. The standard InChI is InChI=1S/C14H19F2N3O2/c1-14(2,3)21-13(20)19-11(12(17)18)6-8-4-9(15)7-10(16)5-8/h4-5,7,11H,6H2,1-3H3,(H3,17,18)(H,19,20). The van der Waals surface area contributed by atoms with Crippen LogP contribution in [0.15, 0.2) is 18.2 Å². The van der Waals surface area contributed by atoms with Gasteiger partial charge in [0.15, 0.2) is 0 Å². The Morgan fingerprint density at radius 2 is 1.86 bits per heavy atom. The Labute approximate surface area is 122 Å². The number of halogens is 2. The number of nitrogens with one attached hydrogen (secondary N) is 2. The fourth-order valence-electron chi connectivity index (χ4n) is 1.65. The highest BCUT2D eigenvalue weighted by Crippen LogP contribution is 2.11. The molecule has 4 N–H and O–H groups in total. The van der Waals surface area contributed by atoms with Crippen molar-refractivity contribution < 1.29 is 18.3 Å². The molecule has 1 atom stereocenters. The van der Waals surface area contributed by atoms with Crippen molar-refractivity contribution in [2.45, 2.75) is 38.8 Å². The summed E-state index contributed by atoms with van der Waals surface area (Å²) in [5.41, 5.74) is 4.98. The van der Waals surface area contributed by atoms with E-state index < -0.39 is 29.4 Å². The molecule has 7 heteroatoms. The minimum atomic E-state index is -0.902. The van der Waals surface area contributed by atoms with Crippen LogP contribution in [0.2, 0.25) is 0 Å². The van der Waals surface area contributed by atoms with E-state index in [9.17, 15) is 13.6 Å². The van der Waals surface area contributed by atoms with Crippen LogP contribution in [0.4, 0.5) is 13.6 Å². The van der Waals surface area contributed by atoms with Crippen molar-refractivity contribution in [3.63, 3.8) is 0 Å². The predicted octanol–water partition coefficient (Wildman–Crippen LogP) is 2.34. The van der Waals surface area contributed by atoms with Crippen LogP contribution in [0.3, 0.4) is 0 Å². The third-order valence-corrected chi connectivity index (χ3v) is 2.43. The van der Waals surface area contributed by atoms with Gasteiger partial charge in [-0.15, -0.1) is 0 Å². The minimum Gasteiger partial charge on any atom is -0.444 e. The quantitative estimate of drug-likeness (QED) is 0.589. The summed E-state index contributed by atoms with van der Waals surface area (Å²) < 4.78 is 31.3. The highest BCUT2D eigenvalue weighted by atomic mass is 19.1. The van der Waals surface area contributed by atoms with E-state index in [0.29, 0.717) is 0 Å². The second-order valence-corrected chi connectivity index (χ2v) is 5.64. The molecule has 0 aliphatic heterocycles. The maximum absolute atomic E-state index is 13.1. The summed E-state index contributed by atoms with van der Waals surface area (Å²) in [7, 11) is 0. The Morgan fingerprint density at radius 3 is 2.29 bits per heavy atom. The number of carbonyl (C=O) groups is 1. The molecule has 21 heavy (non-hydrogen) atoms. The van der Waals surface area contributed by atoms with Crippen LogP contribution in [0.25, 0.3) is 0 Å². The fraction of sp³-hybridized carbons (Fsp3) is 0.429. The third-order valence-electron chi connectivity index (χ3n) is 2.43. The van der Waals surface area contributed by atoms with Crippen molar-refractivity contribution in [1.29, 1.82) is 5.41 Å². The Balaban J connectivity index is 2.78. The first-order valence-corrected chi connectivity index (χ1v) is 6.35. The maximum Gasteiger partial charge on any atom is 0.408 e. The lowest BCUT2D eigenvalue weighted by Crippen LogP contribution is -2.47. The van der Waals surface area contributed by atoms with E-state index in [1.54, 1.807) is 20.8 Å². The van der Waals surface area contributed by atoms with E-state index >= 15 is 0 Å². The topological polar surface area (TPSA) is 88.2 Å². The summed E-state index contributed by atoms with van der Waals surface area (Å²) in [5.74, 6) is -1.79. The van der Waals surface area contributed by atoms with E-state index in [2.05, 4.69) is 5.32 Å². The molecule has 0 aromatic heterocycles. The maximum atomic E-state index is 13.1. The predicted molar refractivity (Wildman–Crippen MR) is 75.1 cm³/mol.